The number of aromatic nitrogens is 1. The number of carbonyl (C=O) groups excluding carboxylic acids is 4. The van der Waals surface area contributed by atoms with Crippen molar-refractivity contribution in [2.24, 2.45) is 5.73 Å². The van der Waals surface area contributed by atoms with Gasteiger partial charge in [-0.15, -0.1) is 13.2 Å². The monoisotopic (exact) mass is 530 g/mol. The summed E-state index contributed by atoms with van der Waals surface area (Å²) >= 11 is 0. The molecule has 2 aromatic carbocycles. The summed E-state index contributed by atoms with van der Waals surface area (Å²) in [7, 11) is 1.30. The number of ketones is 1. The second kappa shape index (κ2) is 10.4. The molecule has 2 N–H and O–H groups in total. The lowest BCUT2D eigenvalue weighted by Gasteiger charge is -2.34. The van der Waals surface area contributed by atoms with Gasteiger partial charge in [0.2, 0.25) is 0 Å². The van der Waals surface area contributed by atoms with Crippen molar-refractivity contribution in [1.82, 2.24) is 14.8 Å². The van der Waals surface area contributed by atoms with Crippen LogP contribution in [0.5, 0.6) is 11.5 Å². The van der Waals surface area contributed by atoms with Crippen molar-refractivity contribution in [2.75, 3.05) is 33.3 Å². The molecule has 0 saturated carbocycles. The van der Waals surface area contributed by atoms with Gasteiger partial charge in [0, 0.05) is 37.1 Å². The number of nitrogens with two attached hydrogens (primary N) is 1. The Balaban J connectivity index is 1.50. The van der Waals surface area contributed by atoms with Crippen molar-refractivity contribution in [3.05, 3.63) is 65.4 Å². The van der Waals surface area contributed by atoms with Gasteiger partial charge >= 0.3 is 6.36 Å². The van der Waals surface area contributed by atoms with Crippen LogP contribution >= 0.6 is 0 Å². The molecule has 1 aliphatic heterocycles. The lowest BCUT2D eigenvalue weighted by Crippen LogP contribution is -2.52. The first-order valence-corrected chi connectivity index (χ1v) is 11.3. The normalized spacial score (nSPS) is 13.8. The Morgan fingerprint density at radius 1 is 0.947 bits per heavy atom. The number of primary amides is 1. The number of piperazine rings is 1. The molecule has 3 amide bonds. The van der Waals surface area contributed by atoms with Gasteiger partial charge in [0.15, 0.2) is 0 Å². The van der Waals surface area contributed by atoms with Crippen LogP contribution in [0.4, 0.5) is 13.2 Å². The smallest absolute Gasteiger partial charge is 0.495 e. The Kier molecular flexibility index (Phi) is 7.19. The van der Waals surface area contributed by atoms with Crippen LogP contribution in [-0.2, 0) is 4.79 Å². The Bertz CT molecular complexity index is 1430. The highest BCUT2D eigenvalue weighted by molar-refractivity contribution is 6.43. The summed E-state index contributed by atoms with van der Waals surface area (Å²) in [5.74, 6) is -4.10. The minimum atomic E-state index is -4.90. The Labute approximate surface area is 213 Å². The highest BCUT2D eigenvalue weighted by atomic mass is 19.4. The van der Waals surface area contributed by atoms with E-state index in [1.807, 2.05) is 0 Å². The van der Waals surface area contributed by atoms with E-state index in [9.17, 15) is 32.3 Å². The molecule has 198 valence electrons. The fourth-order valence-electron chi connectivity index (χ4n) is 4.15. The van der Waals surface area contributed by atoms with Crippen molar-refractivity contribution in [2.45, 2.75) is 6.36 Å². The summed E-state index contributed by atoms with van der Waals surface area (Å²) in [6.07, 6.45) is -4.90. The highest BCUT2D eigenvalue weighted by Crippen LogP contribution is 2.31. The number of amides is 3. The van der Waals surface area contributed by atoms with Crippen LogP contribution in [0.15, 0.2) is 48.5 Å². The second-order valence-corrected chi connectivity index (χ2v) is 8.24. The van der Waals surface area contributed by atoms with E-state index in [4.69, 9.17) is 10.5 Å². The zero-order valence-corrected chi connectivity index (χ0v) is 19.9. The van der Waals surface area contributed by atoms with Crippen molar-refractivity contribution in [3.63, 3.8) is 0 Å². The largest absolute Gasteiger partial charge is 0.573 e. The number of Topliss-reactive ketones (excluding diaryl/α,β-unsaturated/α-hetero) is 1. The lowest BCUT2D eigenvalue weighted by molar-refractivity contribution is -0.274. The van der Waals surface area contributed by atoms with E-state index < -0.39 is 41.3 Å². The molecular formula is C25H21F3N4O6. The van der Waals surface area contributed by atoms with E-state index in [1.165, 1.54) is 29.0 Å². The van der Waals surface area contributed by atoms with E-state index in [0.29, 0.717) is 10.9 Å². The predicted molar refractivity (Wildman–Crippen MR) is 127 cm³/mol. The molecule has 1 saturated heterocycles. The quantitative estimate of drug-likeness (QED) is 0.382. The number of alkyl halides is 3. The molecule has 0 bridgehead atoms. The molecule has 1 aromatic heterocycles. The molecule has 0 radical (unpaired) electrons. The zero-order valence-electron chi connectivity index (χ0n) is 19.9. The van der Waals surface area contributed by atoms with E-state index >= 15 is 0 Å². The number of ether oxygens (including phenoxy) is 2. The fraction of sp³-hybridized carbons (Fsp3) is 0.240. The maximum absolute atomic E-state index is 13.2. The molecular weight excluding hydrogens is 509 g/mol. The minimum absolute atomic E-state index is 0.0132. The number of pyridine rings is 1. The summed E-state index contributed by atoms with van der Waals surface area (Å²) < 4.78 is 46.7. The number of nitrogens with zero attached hydrogens (tertiary/aromatic N) is 3. The van der Waals surface area contributed by atoms with Gasteiger partial charge in [0.1, 0.15) is 22.8 Å². The third-order valence-corrected chi connectivity index (χ3v) is 5.87. The fourth-order valence-corrected chi connectivity index (χ4v) is 4.15. The summed E-state index contributed by atoms with van der Waals surface area (Å²) in [4.78, 5) is 58.0. The molecule has 0 atom stereocenters. The van der Waals surface area contributed by atoms with Crippen LogP contribution in [-0.4, -0.2) is 77.9 Å². The Morgan fingerprint density at radius 2 is 1.61 bits per heavy atom. The summed E-state index contributed by atoms with van der Waals surface area (Å²) in [6.45, 7) is -0.0456. The minimum Gasteiger partial charge on any atom is -0.495 e. The van der Waals surface area contributed by atoms with E-state index in [1.54, 1.807) is 24.3 Å². The van der Waals surface area contributed by atoms with Crippen molar-refractivity contribution in [1.29, 1.82) is 0 Å². The number of hydrogen-bond acceptors (Lipinski definition) is 7. The number of para-hydroxylation sites is 1. The third kappa shape index (κ3) is 5.36. The second-order valence-electron chi connectivity index (χ2n) is 8.24. The van der Waals surface area contributed by atoms with Crippen LogP contribution < -0.4 is 15.2 Å². The predicted octanol–water partition coefficient (Wildman–Crippen LogP) is 2.41. The first kappa shape index (κ1) is 26.4. The summed E-state index contributed by atoms with van der Waals surface area (Å²) in [5.41, 5.74) is 5.02. The van der Waals surface area contributed by atoms with Crippen LogP contribution in [0, 0.1) is 0 Å². The van der Waals surface area contributed by atoms with Gasteiger partial charge in [-0.2, -0.15) is 0 Å². The molecule has 2 heterocycles. The van der Waals surface area contributed by atoms with Crippen molar-refractivity contribution >= 4 is 34.4 Å². The standard InChI is InChI=1S/C25H21F3N4O6/c1-37-21-16-7-2-3-8-17(16)30-19(18(21)22(29)34)20(33)24(36)32-11-9-31(10-12-32)23(35)14-5-4-6-15(13-14)38-25(26,27)28/h2-8,13H,9-12H2,1H3,(H2,29,34). The molecule has 3 aromatic rings. The van der Waals surface area contributed by atoms with E-state index in [0.717, 1.165) is 12.1 Å². The topological polar surface area (TPSA) is 132 Å². The van der Waals surface area contributed by atoms with Gasteiger partial charge in [-0.3, -0.25) is 19.2 Å². The van der Waals surface area contributed by atoms with Gasteiger partial charge in [-0.1, -0.05) is 18.2 Å². The molecule has 0 unspecified atom stereocenters. The zero-order chi connectivity index (χ0) is 27.6. The molecule has 0 aliphatic carbocycles. The lowest BCUT2D eigenvalue weighted by atomic mass is 10.0. The number of benzene rings is 2. The van der Waals surface area contributed by atoms with Gasteiger partial charge in [0.05, 0.1) is 12.6 Å². The molecule has 1 aliphatic rings. The van der Waals surface area contributed by atoms with Crippen molar-refractivity contribution in [3.8, 4) is 11.5 Å². The summed E-state index contributed by atoms with van der Waals surface area (Å²) in [5, 5.41) is 0.435. The molecule has 4 rings (SSSR count). The Hall–Kier alpha value is -4.68. The number of fused-ring (bicyclic) bond motifs is 1. The molecule has 13 heteroatoms. The first-order valence-electron chi connectivity index (χ1n) is 11.3. The average Bonchev–Trinajstić information content (AvgIpc) is 2.89. The summed E-state index contributed by atoms with van der Waals surface area (Å²) in [6, 6.07) is 11.2. The van der Waals surface area contributed by atoms with Crippen molar-refractivity contribution < 1.29 is 41.8 Å². The number of methoxy groups -OCH3 is 1. The van der Waals surface area contributed by atoms with Gasteiger partial charge < -0.3 is 25.0 Å². The number of rotatable bonds is 6. The van der Waals surface area contributed by atoms with Crippen LogP contribution in [0.3, 0.4) is 0 Å². The number of carbonyl (C=O) groups is 4. The molecule has 38 heavy (non-hydrogen) atoms. The maximum atomic E-state index is 13.2. The maximum Gasteiger partial charge on any atom is 0.573 e. The number of hydrogen-bond donors (Lipinski definition) is 1. The number of halogens is 3. The molecule has 10 nitrogen and oxygen atoms in total. The van der Waals surface area contributed by atoms with Gasteiger partial charge in [0.25, 0.3) is 23.5 Å². The first-order chi connectivity index (χ1) is 18.0. The van der Waals surface area contributed by atoms with Crippen LogP contribution in [0.2, 0.25) is 0 Å². The third-order valence-electron chi connectivity index (χ3n) is 5.87. The van der Waals surface area contributed by atoms with Gasteiger partial charge in [-0.25, -0.2) is 4.98 Å². The highest BCUT2D eigenvalue weighted by Gasteiger charge is 2.34. The van der Waals surface area contributed by atoms with E-state index in [2.05, 4.69) is 9.72 Å². The van der Waals surface area contributed by atoms with Gasteiger partial charge in [-0.05, 0) is 30.3 Å². The van der Waals surface area contributed by atoms with Crippen LogP contribution in [0.25, 0.3) is 10.9 Å². The average molecular weight is 530 g/mol. The Morgan fingerprint density at radius 3 is 2.24 bits per heavy atom. The van der Waals surface area contributed by atoms with E-state index in [-0.39, 0.29) is 43.1 Å². The SMILES string of the molecule is COc1c(C(N)=O)c(C(=O)C(=O)N2CCN(C(=O)c3cccc(OC(F)(F)F)c3)CC2)nc2ccccc12. The molecule has 1 fully saturated rings. The molecule has 0 spiro atoms. The van der Waals surface area contributed by atoms with Crippen LogP contribution in [0.1, 0.15) is 31.2 Å².